The first kappa shape index (κ1) is 16.3. The highest BCUT2D eigenvalue weighted by Crippen LogP contribution is 2.25. The first-order chi connectivity index (χ1) is 11.1. The van der Waals surface area contributed by atoms with Crippen LogP contribution in [0.5, 0.6) is 5.75 Å². The summed E-state index contributed by atoms with van der Waals surface area (Å²) in [7, 11) is 1.14. The van der Waals surface area contributed by atoms with Crippen molar-refractivity contribution in [3.63, 3.8) is 0 Å². The minimum atomic E-state index is -0.690. The smallest absolute Gasteiger partial charge is 0.317 e. The van der Waals surface area contributed by atoms with E-state index in [4.69, 9.17) is 4.74 Å². The Morgan fingerprint density at radius 1 is 1.39 bits per heavy atom. The topological polar surface area (TPSA) is 58.6 Å². The summed E-state index contributed by atoms with van der Waals surface area (Å²) < 4.78 is 16.9. The van der Waals surface area contributed by atoms with Gasteiger partial charge in [-0.05, 0) is 36.5 Å². The van der Waals surface area contributed by atoms with Gasteiger partial charge in [0.05, 0.1) is 6.61 Å². The van der Waals surface area contributed by atoms with Crippen molar-refractivity contribution >= 4 is 16.8 Å². The molecule has 1 aromatic carbocycles. The third-order valence-corrected chi connectivity index (χ3v) is 6.05. The van der Waals surface area contributed by atoms with Crippen LogP contribution < -0.4 is 10.1 Å². The molecule has 5 nitrogen and oxygen atoms in total. The SMILES string of the molecule is CN(C(=O)NCCc1ccc2c(c1)CCO2)C1CCS(=O)CC1. The molecule has 0 aliphatic carbocycles. The lowest BCUT2D eigenvalue weighted by Gasteiger charge is -2.30. The number of carbonyl (C=O) groups is 1. The van der Waals surface area contributed by atoms with Gasteiger partial charge in [-0.3, -0.25) is 4.21 Å². The number of carbonyl (C=O) groups excluding carboxylic acids is 1. The lowest BCUT2D eigenvalue weighted by Crippen LogP contribution is -2.46. The van der Waals surface area contributed by atoms with Crippen LogP contribution in [0.15, 0.2) is 18.2 Å². The van der Waals surface area contributed by atoms with Crippen molar-refractivity contribution in [1.82, 2.24) is 10.2 Å². The van der Waals surface area contributed by atoms with E-state index >= 15 is 0 Å². The molecule has 1 aromatic rings. The Morgan fingerprint density at radius 2 is 2.17 bits per heavy atom. The minimum absolute atomic E-state index is 0.0350. The number of nitrogens with zero attached hydrogens (tertiary/aromatic N) is 1. The van der Waals surface area contributed by atoms with Crippen LogP contribution in [0, 0.1) is 0 Å². The Balaban J connectivity index is 1.44. The summed E-state index contributed by atoms with van der Waals surface area (Å²) in [5, 5.41) is 2.99. The fraction of sp³-hybridized carbons (Fsp3) is 0.588. The fourth-order valence-electron chi connectivity index (χ4n) is 3.17. The van der Waals surface area contributed by atoms with E-state index in [0.717, 1.165) is 38.0 Å². The average Bonchev–Trinajstić information content (AvgIpc) is 3.02. The highest BCUT2D eigenvalue weighted by Gasteiger charge is 2.24. The van der Waals surface area contributed by atoms with Crippen LogP contribution in [0.2, 0.25) is 0 Å². The molecule has 0 radical (unpaired) electrons. The number of ether oxygens (including phenoxy) is 1. The van der Waals surface area contributed by atoms with Crippen molar-refractivity contribution < 1.29 is 13.7 Å². The number of rotatable bonds is 4. The number of hydrogen-bond donors (Lipinski definition) is 1. The highest BCUT2D eigenvalue weighted by molar-refractivity contribution is 7.85. The summed E-state index contributed by atoms with van der Waals surface area (Å²) >= 11 is 0. The molecule has 0 aromatic heterocycles. The van der Waals surface area contributed by atoms with Crippen LogP contribution in [0.3, 0.4) is 0 Å². The third kappa shape index (κ3) is 4.05. The zero-order chi connectivity index (χ0) is 16.2. The van der Waals surface area contributed by atoms with E-state index in [-0.39, 0.29) is 12.1 Å². The molecule has 1 N–H and O–H groups in total. The van der Waals surface area contributed by atoms with Gasteiger partial charge in [0.25, 0.3) is 0 Å². The average molecular weight is 336 g/mol. The molecule has 2 heterocycles. The normalized spacial score (nSPS) is 23.0. The summed E-state index contributed by atoms with van der Waals surface area (Å²) in [4.78, 5) is 14.0. The largest absolute Gasteiger partial charge is 0.493 e. The van der Waals surface area contributed by atoms with Crippen LogP contribution in [-0.2, 0) is 23.6 Å². The van der Waals surface area contributed by atoms with E-state index in [1.54, 1.807) is 4.90 Å². The van der Waals surface area contributed by atoms with E-state index in [1.807, 2.05) is 13.1 Å². The molecule has 2 aliphatic heterocycles. The van der Waals surface area contributed by atoms with Crippen LogP contribution in [-0.4, -0.2) is 52.9 Å². The zero-order valence-electron chi connectivity index (χ0n) is 13.5. The predicted molar refractivity (Wildman–Crippen MR) is 91.4 cm³/mol. The Kier molecular flexibility index (Phi) is 5.20. The minimum Gasteiger partial charge on any atom is -0.493 e. The van der Waals surface area contributed by atoms with Gasteiger partial charge >= 0.3 is 6.03 Å². The number of hydrogen-bond acceptors (Lipinski definition) is 3. The molecule has 2 amide bonds. The van der Waals surface area contributed by atoms with Crippen molar-refractivity contribution in [3.8, 4) is 5.75 Å². The lowest BCUT2D eigenvalue weighted by molar-refractivity contribution is 0.186. The predicted octanol–water partition coefficient (Wildman–Crippen LogP) is 1.72. The van der Waals surface area contributed by atoms with Crippen molar-refractivity contribution in [1.29, 1.82) is 0 Å². The molecule has 1 saturated heterocycles. The van der Waals surface area contributed by atoms with Gasteiger partial charge in [0.15, 0.2) is 0 Å². The monoisotopic (exact) mass is 336 g/mol. The summed E-state index contributed by atoms with van der Waals surface area (Å²) in [5.41, 5.74) is 2.49. The second-order valence-corrected chi connectivity index (χ2v) is 7.91. The Bertz CT molecular complexity index is 596. The van der Waals surface area contributed by atoms with Crippen molar-refractivity contribution in [2.45, 2.75) is 31.7 Å². The van der Waals surface area contributed by atoms with Crippen molar-refractivity contribution in [2.75, 3.05) is 31.7 Å². The highest BCUT2D eigenvalue weighted by atomic mass is 32.2. The molecule has 0 atom stereocenters. The van der Waals surface area contributed by atoms with Gasteiger partial charge in [-0.1, -0.05) is 12.1 Å². The molecule has 23 heavy (non-hydrogen) atoms. The molecule has 1 fully saturated rings. The van der Waals surface area contributed by atoms with Crippen LogP contribution in [0.1, 0.15) is 24.0 Å². The molecule has 2 aliphatic rings. The van der Waals surface area contributed by atoms with Gasteiger partial charge in [-0.15, -0.1) is 0 Å². The van der Waals surface area contributed by atoms with Crippen molar-refractivity contribution in [3.05, 3.63) is 29.3 Å². The molecule has 0 bridgehead atoms. The third-order valence-electron chi connectivity index (χ3n) is 4.67. The summed E-state index contributed by atoms with van der Waals surface area (Å²) in [5.74, 6) is 2.41. The van der Waals surface area contributed by atoms with Gasteiger partial charge < -0.3 is 15.0 Å². The maximum atomic E-state index is 12.2. The van der Waals surface area contributed by atoms with Crippen molar-refractivity contribution in [2.24, 2.45) is 0 Å². The van der Waals surface area contributed by atoms with Gasteiger partial charge in [-0.25, -0.2) is 4.79 Å². The Labute approximate surface area is 139 Å². The molecule has 0 unspecified atom stereocenters. The zero-order valence-corrected chi connectivity index (χ0v) is 14.4. The number of urea groups is 1. The second kappa shape index (κ2) is 7.34. The second-order valence-electron chi connectivity index (χ2n) is 6.21. The van der Waals surface area contributed by atoms with E-state index in [9.17, 15) is 9.00 Å². The van der Waals surface area contributed by atoms with Gasteiger partial charge in [0.2, 0.25) is 0 Å². The van der Waals surface area contributed by atoms with E-state index in [0.29, 0.717) is 18.1 Å². The first-order valence-electron chi connectivity index (χ1n) is 8.24. The van der Waals surface area contributed by atoms with Gasteiger partial charge in [-0.2, -0.15) is 0 Å². The van der Waals surface area contributed by atoms with Gasteiger partial charge in [0, 0.05) is 48.4 Å². The molecule has 0 saturated carbocycles. The fourth-order valence-corrected chi connectivity index (χ4v) is 4.44. The van der Waals surface area contributed by atoms with E-state index in [2.05, 4.69) is 17.4 Å². The molecule has 0 spiro atoms. The molecular weight excluding hydrogens is 312 g/mol. The standard InChI is InChI=1S/C17H24N2O3S/c1-19(15-6-10-23(21)11-7-15)17(20)18-8-4-13-2-3-16-14(12-13)5-9-22-16/h2-3,12,15H,4-11H2,1H3,(H,18,20). The van der Waals surface area contributed by atoms with Crippen LogP contribution in [0.4, 0.5) is 4.79 Å². The maximum absolute atomic E-state index is 12.2. The molecular formula is C17H24N2O3S. The Hall–Kier alpha value is -1.56. The summed E-state index contributed by atoms with van der Waals surface area (Å²) in [6.07, 6.45) is 3.46. The van der Waals surface area contributed by atoms with E-state index in [1.165, 1.54) is 11.1 Å². The van der Waals surface area contributed by atoms with E-state index < -0.39 is 10.8 Å². The molecule has 6 heteroatoms. The van der Waals surface area contributed by atoms with Gasteiger partial charge in [0.1, 0.15) is 5.75 Å². The lowest BCUT2D eigenvalue weighted by atomic mass is 10.1. The Morgan fingerprint density at radius 3 is 2.96 bits per heavy atom. The molecule has 3 rings (SSSR count). The number of amides is 2. The first-order valence-corrected chi connectivity index (χ1v) is 9.72. The maximum Gasteiger partial charge on any atom is 0.317 e. The summed E-state index contributed by atoms with van der Waals surface area (Å²) in [6.45, 7) is 1.40. The number of fused-ring (bicyclic) bond motifs is 1. The molecule has 126 valence electrons. The number of benzene rings is 1. The summed E-state index contributed by atoms with van der Waals surface area (Å²) in [6, 6.07) is 6.44. The quantitative estimate of drug-likeness (QED) is 0.911. The number of nitrogens with one attached hydrogen (secondary N) is 1. The van der Waals surface area contributed by atoms with Crippen LogP contribution >= 0.6 is 0 Å². The van der Waals surface area contributed by atoms with Crippen LogP contribution in [0.25, 0.3) is 0 Å².